The zero-order chi connectivity index (χ0) is 14.4. The summed E-state index contributed by atoms with van der Waals surface area (Å²) in [5, 5.41) is 5.07. The van der Waals surface area contributed by atoms with Gasteiger partial charge in [-0.25, -0.2) is 9.78 Å². The van der Waals surface area contributed by atoms with Crippen molar-refractivity contribution in [2.45, 2.75) is 6.92 Å². The molecule has 20 heavy (non-hydrogen) atoms. The van der Waals surface area contributed by atoms with Crippen LogP contribution in [0.4, 0.5) is 16.3 Å². The summed E-state index contributed by atoms with van der Waals surface area (Å²) in [6, 6.07) is 11.9. The van der Waals surface area contributed by atoms with Crippen molar-refractivity contribution in [1.82, 2.24) is 4.98 Å². The minimum atomic E-state index is -0.606. The van der Waals surface area contributed by atoms with Crippen molar-refractivity contribution in [3.05, 3.63) is 48.7 Å². The number of carbonyl (C=O) groups excluding carboxylic acids is 2. The zero-order valence-electron chi connectivity index (χ0n) is 10.8. The molecule has 0 radical (unpaired) electrons. The van der Waals surface area contributed by atoms with Gasteiger partial charge >= 0.3 is 6.09 Å². The number of nitrogens with zero attached hydrogens (tertiary/aromatic N) is 1. The van der Waals surface area contributed by atoms with E-state index in [0.717, 1.165) is 0 Å². The van der Waals surface area contributed by atoms with Gasteiger partial charge in [0.15, 0.2) is 0 Å². The number of aromatic nitrogens is 1. The van der Waals surface area contributed by atoms with E-state index < -0.39 is 6.09 Å². The molecule has 2 aromatic rings. The molecule has 0 unspecified atom stereocenters. The number of pyridine rings is 1. The van der Waals surface area contributed by atoms with Gasteiger partial charge in [-0.15, -0.1) is 0 Å². The fourth-order valence-corrected chi connectivity index (χ4v) is 1.46. The van der Waals surface area contributed by atoms with E-state index in [4.69, 9.17) is 4.74 Å². The Morgan fingerprint density at radius 2 is 1.80 bits per heavy atom. The van der Waals surface area contributed by atoms with Crippen LogP contribution in [-0.4, -0.2) is 17.0 Å². The molecule has 0 saturated heterocycles. The number of amides is 2. The van der Waals surface area contributed by atoms with Gasteiger partial charge in [0.2, 0.25) is 5.91 Å². The highest BCUT2D eigenvalue weighted by Gasteiger charge is 2.05. The number of ether oxygens (including phenoxy) is 1. The molecular weight excluding hydrogens is 258 g/mol. The van der Waals surface area contributed by atoms with Crippen molar-refractivity contribution < 1.29 is 14.3 Å². The lowest BCUT2D eigenvalue weighted by Crippen LogP contribution is -2.17. The van der Waals surface area contributed by atoms with Gasteiger partial charge in [-0.2, -0.15) is 0 Å². The first-order chi connectivity index (χ1) is 9.63. The molecule has 0 spiro atoms. The summed E-state index contributed by atoms with van der Waals surface area (Å²) in [5.41, 5.74) is 0.472. The third kappa shape index (κ3) is 4.09. The van der Waals surface area contributed by atoms with Crippen LogP contribution in [0.3, 0.4) is 0 Å². The monoisotopic (exact) mass is 271 g/mol. The van der Waals surface area contributed by atoms with Gasteiger partial charge in [0, 0.05) is 6.92 Å². The maximum Gasteiger partial charge on any atom is 0.417 e. The second-order valence-corrected chi connectivity index (χ2v) is 3.94. The summed E-state index contributed by atoms with van der Waals surface area (Å²) >= 11 is 0. The highest BCUT2D eigenvalue weighted by molar-refractivity contribution is 5.88. The first kappa shape index (κ1) is 13.5. The van der Waals surface area contributed by atoms with Gasteiger partial charge in [0.1, 0.15) is 11.6 Å². The Bertz CT molecular complexity index is 597. The Balaban J connectivity index is 1.93. The Morgan fingerprint density at radius 1 is 1.05 bits per heavy atom. The smallest absolute Gasteiger partial charge is 0.410 e. The zero-order valence-corrected chi connectivity index (χ0v) is 10.8. The van der Waals surface area contributed by atoms with Gasteiger partial charge < -0.3 is 10.1 Å². The molecule has 0 saturated carbocycles. The summed E-state index contributed by atoms with van der Waals surface area (Å²) in [5.74, 6) is 0.661. The van der Waals surface area contributed by atoms with Crippen molar-refractivity contribution in [2.75, 3.05) is 10.6 Å². The fourth-order valence-electron chi connectivity index (χ4n) is 1.46. The van der Waals surface area contributed by atoms with Gasteiger partial charge in [0.25, 0.3) is 0 Å². The predicted octanol–water partition coefficient (Wildman–Crippen LogP) is 2.65. The van der Waals surface area contributed by atoms with Crippen LogP contribution in [0.2, 0.25) is 0 Å². The van der Waals surface area contributed by atoms with Crippen molar-refractivity contribution in [2.24, 2.45) is 0 Å². The molecule has 0 aliphatic heterocycles. The topological polar surface area (TPSA) is 80.3 Å². The number of benzene rings is 1. The summed E-state index contributed by atoms with van der Waals surface area (Å²) in [6.45, 7) is 1.39. The maximum absolute atomic E-state index is 11.6. The summed E-state index contributed by atoms with van der Waals surface area (Å²) in [6.07, 6.45) is 0.822. The van der Waals surface area contributed by atoms with Gasteiger partial charge in [-0.05, 0) is 24.3 Å². The van der Waals surface area contributed by atoms with Crippen LogP contribution < -0.4 is 15.4 Å². The Labute approximate surface area is 115 Å². The van der Waals surface area contributed by atoms with Crippen molar-refractivity contribution >= 4 is 23.5 Å². The fraction of sp³-hybridized carbons (Fsp3) is 0.0714. The molecule has 1 aromatic carbocycles. The van der Waals surface area contributed by atoms with Crippen molar-refractivity contribution in [1.29, 1.82) is 0 Å². The first-order valence-corrected chi connectivity index (χ1v) is 5.91. The number of nitrogens with one attached hydrogen (secondary N) is 2. The number of anilines is 2. The number of hydrogen-bond donors (Lipinski definition) is 2. The van der Waals surface area contributed by atoms with E-state index in [1.807, 2.05) is 6.07 Å². The molecule has 0 bridgehead atoms. The molecule has 2 rings (SSSR count). The van der Waals surface area contributed by atoms with Gasteiger partial charge in [-0.1, -0.05) is 18.2 Å². The van der Waals surface area contributed by atoms with Crippen LogP contribution in [0.1, 0.15) is 6.92 Å². The predicted molar refractivity (Wildman–Crippen MR) is 74.6 cm³/mol. The molecule has 6 nitrogen and oxygen atoms in total. The molecule has 1 heterocycles. The van der Waals surface area contributed by atoms with Gasteiger partial charge in [-0.3, -0.25) is 10.1 Å². The first-order valence-electron chi connectivity index (χ1n) is 5.91. The van der Waals surface area contributed by atoms with Crippen LogP contribution in [0, 0.1) is 0 Å². The summed E-state index contributed by atoms with van der Waals surface area (Å²) in [4.78, 5) is 26.4. The molecule has 2 N–H and O–H groups in total. The van der Waals surface area contributed by atoms with E-state index >= 15 is 0 Å². The SMILES string of the molecule is CC(=O)Nc1ccc(NC(=O)Oc2ccccc2)cn1. The van der Waals surface area contributed by atoms with E-state index in [1.54, 1.807) is 36.4 Å². The molecule has 0 aliphatic carbocycles. The minimum Gasteiger partial charge on any atom is -0.410 e. The molecule has 0 fully saturated rings. The summed E-state index contributed by atoms with van der Waals surface area (Å²) < 4.78 is 5.07. The number of hydrogen-bond acceptors (Lipinski definition) is 4. The molecule has 1 aromatic heterocycles. The third-order valence-corrected chi connectivity index (χ3v) is 2.27. The van der Waals surface area contributed by atoms with Crippen molar-refractivity contribution in [3.8, 4) is 5.75 Å². The Kier molecular flexibility index (Phi) is 4.28. The van der Waals surface area contributed by atoms with E-state index in [9.17, 15) is 9.59 Å². The molecule has 6 heteroatoms. The standard InChI is InChI=1S/C14H13N3O3/c1-10(18)16-13-8-7-11(9-15-13)17-14(19)20-12-5-3-2-4-6-12/h2-9H,1H3,(H,17,19)(H,15,16,18). The third-order valence-electron chi connectivity index (χ3n) is 2.27. The quantitative estimate of drug-likeness (QED) is 0.899. The average Bonchev–Trinajstić information content (AvgIpc) is 2.41. The Hall–Kier alpha value is -2.89. The molecule has 2 amide bonds. The second-order valence-electron chi connectivity index (χ2n) is 3.94. The lowest BCUT2D eigenvalue weighted by molar-refractivity contribution is -0.114. The van der Waals surface area contributed by atoms with E-state index in [0.29, 0.717) is 17.3 Å². The second kappa shape index (κ2) is 6.33. The van der Waals surface area contributed by atoms with Crippen LogP contribution in [0.15, 0.2) is 48.7 Å². The largest absolute Gasteiger partial charge is 0.417 e. The number of para-hydroxylation sites is 1. The van der Waals surface area contributed by atoms with Crippen LogP contribution in [-0.2, 0) is 4.79 Å². The lowest BCUT2D eigenvalue weighted by atomic mass is 10.3. The van der Waals surface area contributed by atoms with Gasteiger partial charge in [0.05, 0.1) is 11.9 Å². The minimum absolute atomic E-state index is 0.207. The lowest BCUT2D eigenvalue weighted by Gasteiger charge is -2.07. The van der Waals surface area contributed by atoms with E-state index in [2.05, 4.69) is 15.6 Å². The molecule has 102 valence electrons. The van der Waals surface area contributed by atoms with Crippen LogP contribution in [0.25, 0.3) is 0 Å². The van der Waals surface area contributed by atoms with Crippen LogP contribution in [0.5, 0.6) is 5.75 Å². The maximum atomic E-state index is 11.6. The van der Waals surface area contributed by atoms with Crippen LogP contribution >= 0.6 is 0 Å². The van der Waals surface area contributed by atoms with E-state index in [1.165, 1.54) is 13.1 Å². The van der Waals surface area contributed by atoms with Crippen molar-refractivity contribution in [3.63, 3.8) is 0 Å². The highest BCUT2D eigenvalue weighted by Crippen LogP contribution is 2.12. The molecular formula is C14H13N3O3. The molecule has 0 atom stereocenters. The average molecular weight is 271 g/mol. The normalized spacial score (nSPS) is 9.65. The molecule has 0 aliphatic rings. The highest BCUT2D eigenvalue weighted by atomic mass is 16.6. The number of carbonyl (C=O) groups is 2. The Morgan fingerprint density at radius 3 is 2.40 bits per heavy atom. The van der Waals surface area contributed by atoms with E-state index in [-0.39, 0.29) is 5.91 Å². The number of rotatable bonds is 3. The summed E-state index contributed by atoms with van der Waals surface area (Å²) in [7, 11) is 0.